The van der Waals surface area contributed by atoms with E-state index in [-0.39, 0.29) is 17.7 Å². The van der Waals surface area contributed by atoms with Crippen LogP contribution in [0.1, 0.15) is 47.2 Å². The second-order valence-electron chi connectivity index (χ2n) is 15.7. The van der Waals surface area contributed by atoms with E-state index in [0.717, 1.165) is 56.4 Å². The number of aryl methyl sites for hydroxylation is 3. The molecular formula is C59H55NO8. The van der Waals surface area contributed by atoms with Crippen LogP contribution in [0.2, 0.25) is 0 Å². The van der Waals surface area contributed by atoms with Crippen LogP contribution in [-0.2, 0) is 9.59 Å². The molecule has 0 aromatic heterocycles. The molecule has 8 aromatic rings. The first kappa shape index (κ1) is 48.9. The van der Waals surface area contributed by atoms with E-state index in [1.54, 1.807) is 50.6 Å². The molecule has 0 radical (unpaired) electrons. The Morgan fingerprint density at radius 1 is 0.441 bits per heavy atom. The Bertz CT molecular complexity index is 2830. The highest BCUT2D eigenvalue weighted by Crippen LogP contribution is 2.36. The molecular weight excluding hydrogens is 851 g/mol. The topological polar surface area (TPSA) is 104 Å². The highest BCUT2D eigenvalue weighted by molar-refractivity contribution is 5.92. The average molecular weight is 906 g/mol. The number of hydrogen-bond donors (Lipinski definition) is 1. The fourth-order valence-electron chi connectivity index (χ4n) is 6.79. The van der Waals surface area contributed by atoms with Gasteiger partial charge in [0.05, 0.1) is 14.2 Å². The molecule has 1 N–H and O–H groups in total. The third kappa shape index (κ3) is 14.7. The summed E-state index contributed by atoms with van der Waals surface area (Å²) in [6, 6.07) is 62.6. The lowest BCUT2D eigenvalue weighted by atomic mass is 9.95. The van der Waals surface area contributed by atoms with Crippen molar-refractivity contribution in [3.05, 3.63) is 228 Å². The number of carbonyl (C=O) groups is 2. The van der Waals surface area contributed by atoms with Crippen LogP contribution in [0.4, 0.5) is 17.1 Å². The van der Waals surface area contributed by atoms with Crippen LogP contribution in [0.25, 0.3) is 11.6 Å². The van der Waals surface area contributed by atoms with Crippen LogP contribution >= 0.6 is 0 Å². The molecule has 0 atom stereocenters. The van der Waals surface area contributed by atoms with Gasteiger partial charge in [-0.25, -0.2) is 0 Å². The summed E-state index contributed by atoms with van der Waals surface area (Å²) in [6.45, 7) is 8.98. The van der Waals surface area contributed by atoms with Gasteiger partial charge in [-0.15, -0.1) is 0 Å². The van der Waals surface area contributed by atoms with E-state index in [4.69, 9.17) is 23.7 Å². The number of hydrogen-bond acceptors (Lipinski definition) is 9. The van der Waals surface area contributed by atoms with Crippen molar-refractivity contribution in [2.45, 2.75) is 34.6 Å². The molecule has 8 aromatic carbocycles. The molecule has 0 saturated heterocycles. The van der Waals surface area contributed by atoms with Gasteiger partial charge in [-0.05, 0) is 158 Å². The Labute approximate surface area is 399 Å². The Balaban J connectivity index is 0.000000228. The molecule has 0 fully saturated rings. The number of aromatic hydroxyl groups is 1. The Morgan fingerprint density at radius 3 is 1.22 bits per heavy atom. The van der Waals surface area contributed by atoms with Crippen LogP contribution in [0, 0.1) is 20.8 Å². The number of nitrogens with zero attached hydrogens (tertiary/aromatic N) is 1. The quantitative estimate of drug-likeness (QED) is 0.0729. The SMILES string of the molecule is CC(=O)Oc1ccc(C)cc1.COc1ccc(/C(=C/c2ccc(N(c3ccc(C)cc3)c3ccc(C)cc3)cc2)c2ccc(OC(C)=O)cc2)cc1.COc1ccc(Oc2cccc(O)c2)cc1. The van der Waals surface area contributed by atoms with Gasteiger partial charge < -0.3 is 33.7 Å². The lowest BCUT2D eigenvalue weighted by Crippen LogP contribution is -2.09. The normalized spacial score (nSPS) is 10.5. The van der Waals surface area contributed by atoms with Gasteiger partial charge in [-0.2, -0.15) is 0 Å². The highest BCUT2D eigenvalue weighted by atomic mass is 16.5. The third-order valence-electron chi connectivity index (χ3n) is 10.3. The van der Waals surface area contributed by atoms with Gasteiger partial charge in [0, 0.05) is 37.0 Å². The minimum atomic E-state index is -0.339. The van der Waals surface area contributed by atoms with E-state index in [9.17, 15) is 14.7 Å². The van der Waals surface area contributed by atoms with Crippen LogP contribution in [-0.4, -0.2) is 31.3 Å². The van der Waals surface area contributed by atoms with Crippen LogP contribution < -0.4 is 28.6 Å². The minimum absolute atomic E-state index is 0.186. The van der Waals surface area contributed by atoms with E-state index in [1.807, 2.05) is 79.7 Å². The van der Waals surface area contributed by atoms with E-state index < -0.39 is 0 Å². The van der Waals surface area contributed by atoms with Crippen LogP contribution in [0.3, 0.4) is 0 Å². The fraction of sp³-hybridized carbons (Fsp3) is 0.119. The molecule has 0 aliphatic rings. The molecule has 9 nitrogen and oxygen atoms in total. The Hall–Kier alpha value is -8.56. The number of carbonyl (C=O) groups excluding carboxylic acids is 2. The molecule has 0 bridgehead atoms. The summed E-state index contributed by atoms with van der Waals surface area (Å²) in [7, 11) is 3.28. The smallest absolute Gasteiger partial charge is 0.308 e. The van der Waals surface area contributed by atoms with Gasteiger partial charge in [0.1, 0.15) is 40.2 Å². The Kier molecular flexibility index (Phi) is 17.3. The minimum Gasteiger partial charge on any atom is -0.508 e. The molecule has 68 heavy (non-hydrogen) atoms. The van der Waals surface area contributed by atoms with Gasteiger partial charge in [0.15, 0.2) is 0 Å². The standard InChI is InChI=1S/C37H33NO3.C13H12O3.C9H10O2/c1-26-5-15-32(16-6-26)38(33-17-7-27(2)8-18-33)34-19-9-29(10-20-34)25-37(30-11-21-35(40-4)22-12-30)31-13-23-36(24-14-31)41-28(3)39;1-15-11-5-7-12(8-6-11)16-13-4-2-3-10(14)9-13;1-7-3-5-9(6-4-7)11-8(2)10/h5-25H,1-4H3;2-9,14H,1H3;3-6H,1-2H3/b37-25-;;. The van der Waals surface area contributed by atoms with Gasteiger partial charge in [-0.3, -0.25) is 9.59 Å². The van der Waals surface area contributed by atoms with Gasteiger partial charge in [-0.1, -0.05) is 95.6 Å². The molecule has 0 spiro atoms. The first-order chi connectivity index (χ1) is 32.8. The van der Waals surface area contributed by atoms with Gasteiger partial charge >= 0.3 is 11.9 Å². The summed E-state index contributed by atoms with van der Waals surface area (Å²) in [5, 5.41) is 9.27. The van der Waals surface area contributed by atoms with Crippen molar-refractivity contribution in [1.82, 2.24) is 0 Å². The third-order valence-corrected chi connectivity index (χ3v) is 10.3. The number of anilines is 3. The Morgan fingerprint density at radius 2 is 0.809 bits per heavy atom. The molecule has 0 saturated carbocycles. The summed E-state index contributed by atoms with van der Waals surface area (Å²) in [6.07, 6.45) is 2.18. The molecule has 0 heterocycles. The number of methoxy groups -OCH3 is 2. The first-order valence-electron chi connectivity index (χ1n) is 21.9. The van der Waals surface area contributed by atoms with E-state index in [0.29, 0.717) is 23.0 Å². The predicted molar refractivity (Wildman–Crippen MR) is 272 cm³/mol. The van der Waals surface area contributed by atoms with Crippen LogP contribution in [0.15, 0.2) is 194 Å². The highest BCUT2D eigenvalue weighted by Gasteiger charge is 2.13. The predicted octanol–water partition coefficient (Wildman–Crippen LogP) is 14.4. The fourth-order valence-corrected chi connectivity index (χ4v) is 6.79. The maximum absolute atomic E-state index is 11.4. The number of ether oxygens (including phenoxy) is 5. The lowest BCUT2D eigenvalue weighted by Gasteiger charge is -2.26. The van der Waals surface area contributed by atoms with E-state index in [1.165, 1.54) is 25.0 Å². The summed E-state index contributed by atoms with van der Waals surface area (Å²) < 4.78 is 26.0. The second kappa shape index (κ2) is 24.1. The van der Waals surface area contributed by atoms with E-state index >= 15 is 0 Å². The molecule has 0 aliphatic carbocycles. The zero-order valence-corrected chi connectivity index (χ0v) is 39.3. The number of esters is 2. The number of rotatable bonds is 12. The van der Waals surface area contributed by atoms with Gasteiger partial charge in [0.25, 0.3) is 0 Å². The average Bonchev–Trinajstić information content (AvgIpc) is 3.34. The number of phenols is 1. The molecule has 0 aliphatic heterocycles. The van der Waals surface area contributed by atoms with Gasteiger partial charge in [0.2, 0.25) is 0 Å². The largest absolute Gasteiger partial charge is 0.508 e. The molecule has 0 unspecified atom stereocenters. The summed E-state index contributed by atoms with van der Waals surface area (Å²) in [4.78, 5) is 24.1. The summed E-state index contributed by atoms with van der Waals surface area (Å²) in [5.41, 5.74) is 11.1. The summed E-state index contributed by atoms with van der Waals surface area (Å²) in [5.74, 6) is 3.57. The number of benzene rings is 8. The van der Waals surface area contributed by atoms with Crippen molar-refractivity contribution in [1.29, 1.82) is 0 Å². The van der Waals surface area contributed by atoms with Crippen molar-refractivity contribution in [3.63, 3.8) is 0 Å². The molecule has 8 rings (SSSR count). The van der Waals surface area contributed by atoms with Crippen molar-refractivity contribution in [2.75, 3.05) is 19.1 Å². The molecule has 9 heteroatoms. The maximum Gasteiger partial charge on any atom is 0.308 e. The summed E-state index contributed by atoms with van der Waals surface area (Å²) >= 11 is 0. The molecule has 344 valence electrons. The van der Waals surface area contributed by atoms with Crippen molar-refractivity contribution < 1.29 is 38.4 Å². The maximum atomic E-state index is 11.4. The second-order valence-corrected chi connectivity index (χ2v) is 15.7. The van der Waals surface area contributed by atoms with Crippen molar-refractivity contribution >= 4 is 40.6 Å². The number of phenolic OH excluding ortho intramolecular Hbond substituents is 1. The van der Waals surface area contributed by atoms with Crippen molar-refractivity contribution in [2.24, 2.45) is 0 Å². The van der Waals surface area contributed by atoms with Crippen LogP contribution in [0.5, 0.6) is 40.2 Å². The first-order valence-corrected chi connectivity index (χ1v) is 21.9. The van der Waals surface area contributed by atoms with E-state index in [2.05, 4.69) is 110 Å². The zero-order chi connectivity index (χ0) is 48.4. The zero-order valence-electron chi connectivity index (χ0n) is 39.3. The van der Waals surface area contributed by atoms with Crippen molar-refractivity contribution in [3.8, 4) is 40.2 Å². The monoisotopic (exact) mass is 905 g/mol. The molecule has 0 amide bonds. The lowest BCUT2D eigenvalue weighted by molar-refractivity contribution is -0.132.